The van der Waals surface area contributed by atoms with Gasteiger partial charge in [-0.25, -0.2) is 0 Å². The van der Waals surface area contributed by atoms with Crippen molar-refractivity contribution in [3.63, 3.8) is 0 Å². The zero-order valence-electron chi connectivity index (χ0n) is 58.5. The SMILES string of the molecule is CCCCCCCCCCCCOc1c(CN2C=CC(=C/C=C3\C(=O)N(CCCC)C(=O)C(C#N)=C3C)C=C2)cc(CN2C=CC(=C/C=C3\C(=O)N(CCCC)C(=O)C(C#N)=C3C)C=C2)c(OCCCCCCCCCCCC)c1OCCCCCCCCCCCC. The quantitative estimate of drug-likeness (QED) is 0.0348. The molecule has 4 aliphatic rings. The molecule has 4 heterocycles. The summed E-state index contributed by atoms with van der Waals surface area (Å²) in [5.74, 6) is 0.239. The molecule has 0 spiro atoms. The summed E-state index contributed by atoms with van der Waals surface area (Å²) in [4.78, 5) is 60.4. The van der Waals surface area contributed by atoms with E-state index < -0.39 is 11.8 Å². The second-order valence-corrected chi connectivity index (χ2v) is 25.8. The summed E-state index contributed by atoms with van der Waals surface area (Å²) in [6.07, 6.45) is 62.8. The van der Waals surface area contributed by atoms with Crippen LogP contribution in [0.3, 0.4) is 0 Å². The van der Waals surface area contributed by atoms with Crippen LogP contribution in [0.25, 0.3) is 0 Å². The van der Waals surface area contributed by atoms with Gasteiger partial charge in [0, 0.05) is 60.2 Å². The van der Waals surface area contributed by atoms with Gasteiger partial charge in [0.25, 0.3) is 23.6 Å². The molecular formula is C80H116N6O7. The highest BCUT2D eigenvalue weighted by Crippen LogP contribution is 2.45. The molecule has 4 amide bonds. The first-order chi connectivity index (χ1) is 45.5. The number of benzene rings is 1. The van der Waals surface area contributed by atoms with Crippen molar-refractivity contribution in [1.29, 1.82) is 10.5 Å². The number of imide groups is 2. The summed E-state index contributed by atoms with van der Waals surface area (Å²) in [7, 11) is 0. The maximum absolute atomic E-state index is 13.7. The second-order valence-electron chi connectivity index (χ2n) is 25.8. The van der Waals surface area contributed by atoms with Crippen LogP contribution in [0.5, 0.6) is 17.2 Å². The van der Waals surface area contributed by atoms with Crippen molar-refractivity contribution >= 4 is 23.6 Å². The van der Waals surface area contributed by atoms with E-state index in [1.54, 1.807) is 26.0 Å². The minimum Gasteiger partial charge on any atom is -0.489 e. The summed E-state index contributed by atoms with van der Waals surface area (Å²) in [6.45, 7) is 17.2. The number of ether oxygens (including phenoxy) is 3. The molecule has 1 aromatic carbocycles. The third-order valence-electron chi connectivity index (χ3n) is 18.1. The first kappa shape index (κ1) is 76.6. The van der Waals surface area contributed by atoms with Crippen LogP contribution < -0.4 is 14.2 Å². The first-order valence-corrected chi connectivity index (χ1v) is 36.6. The van der Waals surface area contributed by atoms with E-state index in [1.165, 1.54) is 164 Å². The molecule has 13 nitrogen and oxygen atoms in total. The smallest absolute Gasteiger partial charge is 0.271 e. The Labute approximate surface area is 561 Å². The molecule has 13 heteroatoms. The lowest BCUT2D eigenvalue weighted by Gasteiger charge is -2.27. The molecule has 0 saturated carbocycles. The van der Waals surface area contributed by atoms with E-state index >= 15 is 0 Å². The van der Waals surface area contributed by atoms with E-state index in [1.807, 2.05) is 75.1 Å². The monoisotopic (exact) mass is 1270 g/mol. The number of hydrogen-bond acceptors (Lipinski definition) is 11. The Morgan fingerprint density at radius 2 is 0.645 bits per heavy atom. The largest absolute Gasteiger partial charge is 0.489 e. The van der Waals surface area contributed by atoms with Crippen molar-refractivity contribution in [3.05, 3.63) is 135 Å². The van der Waals surface area contributed by atoms with Gasteiger partial charge in [0.15, 0.2) is 11.5 Å². The van der Waals surface area contributed by atoms with Gasteiger partial charge in [-0.3, -0.25) is 29.0 Å². The molecule has 0 aromatic heterocycles. The van der Waals surface area contributed by atoms with Crippen LogP contribution in [0.1, 0.15) is 278 Å². The molecule has 508 valence electrons. The number of unbranched alkanes of at least 4 members (excludes halogenated alkanes) is 29. The number of rotatable bonds is 48. The van der Waals surface area contributed by atoms with Gasteiger partial charge in [0.05, 0.1) is 32.9 Å². The number of amides is 4. The van der Waals surface area contributed by atoms with Crippen molar-refractivity contribution in [2.45, 2.75) is 280 Å². The average molecular weight is 1270 g/mol. The Morgan fingerprint density at radius 3 is 0.935 bits per heavy atom. The average Bonchev–Trinajstić information content (AvgIpc) is 0.821. The molecule has 93 heavy (non-hydrogen) atoms. The fourth-order valence-corrected chi connectivity index (χ4v) is 12.2. The van der Waals surface area contributed by atoms with Crippen LogP contribution in [0, 0.1) is 22.7 Å². The summed E-state index contributed by atoms with van der Waals surface area (Å²) >= 11 is 0. The fourth-order valence-electron chi connectivity index (χ4n) is 12.2. The highest BCUT2D eigenvalue weighted by molar-refractivity contribution is 6.19. The molecule has 0 fully saturated rings. The van der Waals surface area contributed by atoms with E-state index in [2.05, 4.69) is 48.8 Å². The van der Waals surface area contributed by atoms with E-state index in [0.29, 0.717) is 85.3 Å². The Hall–Kier alpha value is -7.12. The van der Waals surface area contributed by atoms with Gasteiger partial charge in [-0.05, 0) is 111 Å². The molecule has 0 N–H and O–H groups in total. The number of nitriles is 2. The maximum Gasteiger partial charge on any atom is 0.271 e. The van der Waals surface area contributed by atoms with Crippen LogP contribution in [0.2, 0.25) is 0 Å². The lowest BCUT2D eigenvalue weighted by atomic mass is 9.94. The van der Waals surface area contributed by atoms with E-state index in [9.17, 15) is 29.7 Å². The predicted octanol–water partition coefficient (Wildman–Crippen LogP) is 20.0. The highest BCUT2D eigenvalue weighted by Gasteiger charge is 2.36. The van der Waals surface area contributed by atoms with Crippen LogP contribution in [-0.2, 0) is 32.3 Å². The molecule has 1 aromatic rings. The summed E-state index contributed by atoms with van der Waals surface area (Å²) in [6, 6.07) is 6.34. The maximum atomic E-state index is 13.7. The topological polar surface area (TPSA) is 157 Å². The zero-order chi connectivity index (χ0) is 66.8. The van der Waals surface area contributed by atoms with Gasteiger partial charge >= 0.3 is 0 Å². The highest BCUT2D eigenvalue weighted by atomic mass is 16.5. The lowest BCUT2D eigenvalue weighted by Crippen LogP contribution is -2.43. The number of nitrogens with zero attached hydrogens (tertiary/aromatic N) is 6. The predicted molar refractivity (Wildman–Crippen MR) is 378 cm³/mol. The number of allylic oxidation sites excluding steroid dienone is 10. The Balaban J connectivity index is 1.52. The number of carbonyl (C=O) groups is 4. The van der Waals surface area contributed by atoms with Crippen molar-refractivity contribution < 1.29 is 33.4 Å². The molecule has 0 unspecified atom stereocenters. The van der Waals surface area contributed by atoms with Gasteiger partial charge in [-0.1, -0.05) is 233 Å². The minimum absolute atomic E-state index is 0.00128. The van der Waals surface area contributed by atoms with Crippen molar-refractivity contribution in [1.82, 2.24) is 19.6 Å². The third kappa shape index (κ3) is 26.0. The van der Waals surface area contributed by atoms with Crippen molar-refractivity contribution in [2.24, 2.45) is 0 Å². The lowest BCUT2D eigenvalue weighted by molar-refractivity contribution is -0.142. The van der Waals surface area contributed by atoms with E-state index in [-0.39, 0.29) is 36.1 Å². The second kappa shape index (κ2) is 45.3. The molecule has 0 bridgehead atoms. The van der Waals surface area contributed by atoms with Gasteiger partial charge in [-0.15, -0.1) is 0 Å². The van der Waals surface area contributed by atoms with Gasteiger partial charge < -0.3 is 24.0 Å². The summed E-state index contributed by atoms with van der Waals surface area (Å²) in [5, 5.41) is 19.9. The van der Waals surface area contributed by atoms with Crippen LogP contribution in [0.15, 0.2) is 124 Å². The number of carbonyl (C=O) groups excluding carboxylic acids is 4. The molecule has 0 atom stereocenters. The first-order valence-electron chi connectivity index (χ1n) is 36.6. The molecule has 0 saturated heterocycles. The Bertz CT molecular complexity index is 2740. The van der Waals surface area contributed by atoms with Gasteiger partial charge in [0.2, 0.25) is 5.75 Å². The fraction of sp³-hybridized carbons (Fsp3) is 0.600. The van der Waals surface area contributed by atoms with Gasteiger partial charge in [-0.2, -0.15) is 10.5 Å². The Morgan fingerprint density at radius 1 is 0.366 bits per heavy atom. The molecule has 0 radical (unpaired) electrons. The van der Waals surface area contributed by atoms with Gasteiger partial charge in [0.1, 0.15) is 23.3 Å². The van der Waals surface area contributed by atoms with Crippen LogP contribution >= 0.6 is 0 Å². The van der Waals surface area contributed by atoms with E-state index in [0.717, 1.165) is 73.6 Å². The summed E-state index contributed by atoms with van der Waals surface area (Å²) in [5.41, 5.74) is 5.08. The standard InChI is InChI=1S/C80H116N6O7/c1-8-13-18-21-24-27-30-33-36-39-56-91-74-68(62-83-52-46-66(47-53-83)42-44-70-64(6)72(60-81)79(89)85(77(70)87)50-16-11-4)59-69(63-84-54-48-67(49-55-84)43-45-71-65(7)73(61-82)80(90)86(78(71)88)51-17-12-5)75(92-57-40-37-34-31-28-25-22-19-14-9-2)76(74)93-58-41-38-35-32-29-26-23-20-15-10-3/h42-49,52-55,59H,8-41,50-51,56-58,62-63H2,1-7H3/b70-44-,71-45-. The molecule has 0 aliphatic carbocycles. The van der Waals surface area contributed by atoms with E-state index in [4.69, 9.17) is 14.2 Å². The molecule has 4 aliphatic heterocycles. The van der Waals surface area contributed by atoms with Crippen molar-refractivity contribution in [2.75, 3.05) is 32.9 Å². The van der Waals surface area contributed by atoms with Crippen LogP contribution in [0.4, 0.5) is 0 Å². The summed E-state index contributed by atoms with van der Waals surface area (Å²) < 4.78 is 21.3. The van der Waals surface area contributed by atoms with Crippen molar-refractivity contribution in [3.8, 4) is 29.4 Å². The third-order valence-corrected chi connectivity index (χ3v) is 18.1. The Kier molecular flexibility index (Phi) is 37.3. The minimum atomic E-state index is -0.531. The normalized spacial score (nSPS) is 15.9. The van der Waals surface area contributed by atoms with Crippen LogP contribution in [-0.4, -0.2) is 76.1 Å². The zero-order valence-corrected chi connectivity index (χ0v) is 58.5. The molecular weight excluding hydrogens is 1160 g/mol. The molecule has 5 rings (SSSR count). The number of hydrogen-bond donors (Lipinski definition) is 0.